The molecule has 1 amide bonds. The van der Waals surface area contributed by atoms with Crippen molar-refractivity contribution in [2.45, 2.75) is 65.3 Å². The molecule has 12 nitrogen and oxygen atoms in total. The van der Waals surface area contributed by atoms with Gasteiger partial charge in [0.1, 0.15) is 18.5 Å². The topological polar surface area (TPSA) is 153 Å². The molecule has 12 heteroatoms. The van der Waals surface area contributed by atoms with Gasteiger partial charge in [0.25, 0.3) is 0 Å². The second-order valence-electron chi connectivity index (χ2n) is 7.39. The number of amides is 1. The molecule has 1 saturated heterocycles. The molecule has 1 N–H and O–H groups in total. The van der Waals surface area contributed by atoms with E-state index in [0.29, 0.717) is 5.69 Å². The Balaban J connectivity index is 2.40. The molecule has 34 heavy (non-hydrogen) atoms. The fraction of sp³-hybridized carbons (Fsp3) is 0.500. The third-order valence-electron chi connectivity index (χ3n) is 4.38. The Labute approximate surface area is 195 Å². The van der Waals surface area contributed by atoms with Gasteiger partial charge >= 0.3 is 23.9 Å². The Morgan fingerprint density at radius 1 is 0.765 bits per heavy atom. The summed E-state index contributed by atoms with van der Waals surface area (Å²) in [6, 6.07) is 6.20. The lowest BCUT2D eigenvalue weighted by molar-refractivity contribution is -0.288. The average Bonchev–Trinajstić information content (AvgIpc) is 2.71. The summed E-state index contributed by atoms with van der Waals surface area (Å²) in [5, 5.41) is 2.61. The van der Waals surface area contributed by atoms with E-state index < -0.39 is 54.6 Å². The van der Waals surface area contributed by atoms with Crippen molar-refractivity contribution >= 4 is 35.5 Å². The third-order valence-corrected chi connectivity index (χ3v) is 4.38. The first-order valence-electron chi connectivity index (χ1n) is 10.3. The van der Waals surface area contributed by atoms with Crippen LogP contribution in [-0.4, -0.2) is 67.1 Å². The molecular weight excluding hydrogens is 454 g/mol. The smallest absolute Gasteiger partial charge is 0.303 e. The Morgan fingerprint density at radius 2 is 1.29 bits per heavy atom. The standard InChI is InChI=1S/C22H27NO11/c1-11(24)23-16-6-8-17(9-7-16)33-22-21(32-15(5)28)20(31-14(4)27)19(30-13(3)26)18(34-22)10-29-12(2)25/h6-9,18-22H,10H2,1-5H3,(H,23,24)/t18-,19-,20+,21+,22+/m1/s1. The molecule has 2 rings (SSSR count). The van der Waals surface area contributed by atoms with Gasteiger partial charge in [-0.25, -0.2) is 0 Å². The lowest BCUT2D eigenvalue weighted by Gasteiger charge is -2.43. The number of benzene rings is 1. The fourth-order valence-corrected chi connectivity index (χ4v) is 3.24. The van der Waals surface area contributed by atoms with Crippen LogP contribution in [0.2, 0.25) is 0 Å². The minimum Gasteiger partial charge on any atom is -0.463 e. The Hall–Kier alpha value is -3.67. The number of rotatable bonds is 8. The van der Waals surface area contributed by atoms with Crippen LogP contribution in [0.25, 0.3) is 0 Å². The molecule has 0 radical (unpaired) electrons. The van der Waals surface area contributed by atoms with Crippen LogP contribution in [0.4, 0.5) is 5.69 Å². The van der Waals surface area contributed by atoms with E-state index >= 15 is 0 Å². The Kier molecular flexibility index (Phi) is 9.36. The highest BCUT2D eigenvalue weighted by Gasteiger charge is 2.53. The minimum atomic E-state index is -1.34. The average molecular weight is 481 g/mol. The molecule has 0 spiro atoms. The molecule has 0 bridgehead atoms. The molecule has 0 aromatic heterocycles. The van der Waals surface area contributed by atoms with Gasteiger partial charge in [-0.3, -0.25) is 24.0 Å². The van der Waals surface area contributed by atoms with Gasteiger partial charge in [-0.15, -0.1) is 0 Å². The van der Waals surface area contributed by atoms with Gasteiger partial charge in [-0.2, -0.15) is 0 Å². The van der Waals surface area contributed by atoms with Gasteiger partial charge in [-0.05, 0) is 24.3 Å². The molecule has 1 fully saturated rings. The predicted molar refractivity (Wildman–Crippen MR) is 113 cm³/mol. The van der Waals surface area contributed by atoms with Crippen molar-refractivity contribution in [1.82, 2.24) is 0 Å². The largest absolute Gasteiger partial charge is 0.463 e. The molecule has 1 aromatic carbocycles. The number of esters is 4. The molecule has 0 aliphatic carbocycles. The van der Waals surface area contributed by atoms with E-state index in [0.717, 1.165) is 20.8 Å². The first kappa shape index (κ1) is 26.6. The Morgan fingerprint density at radius 3 is 1.79 bits per heavy atom. The number of nitrogens with one attached hydrogen (secondary N) is 1. The van der Waals surface area contributed by atoms with Crippen molar-refractivity contribution in [3.05, 3.63) is 24.3 Å². The van der Waals surface area contributed by atoms with Gasteiger partial charge in [-0.1, -0.05) is 0 Å². The van der Waals surface area contributed by atoms with Crippen molar-refractivity contribution in [3.8, 4) is 5.75 Å². The highest BCUT2D eigenvalue weighted by molar-refractivity contribution is 5.88. The summed E-state index contributed by atoms with van der Waals surface area (Å²) in [7, 11) is 0. The maximum Gasteiger partial charge on any atom is 0.303 e. The van der Waals surface area contributed by atoms with Crippen molar-refractivity contribution in [2.75, 3.05) is 11.9 Å². The van der Waals surface area contributed by atoms with E-state index in [4.69, 9.17) is 28.4 Å². The number of ether oxygens (including phenoxy) is 6. The predicted octanol–water partition coefficient (Wildman–Crippen LogP) is 1.11. The zero-order valence-electron chi connectivity index (χ0n) is 19.4. The van der Waals surface area contributed by atoms with E-state index in [1.165, 1.54) is 26.0 Å². The summed E-state index contributed by atoms with van der Waals surface area (Å²) in [6.45, 7) is 5.58. The summed E-state index contributed by atoms with van der Waals surface area (Å²) in [4.78, 5) is 58.0. The normalized spacial score (nSPS) is 23.7. The molecule has 0 saturated carbocycles. The summed E-state index contributed by atoms with van der Waals surface area (Å²) < 4.78 is 32.7. The van der Waals surface area contributed by atoms with Crippen LogP contribution in [0.15, 0.2) is 24.3 Å². The fourth-order valence-electron chi connectivity index (χ4n) is 3.24. The van der Waals surface area contributed by atoms with Crippen LogP contribution in [0.3, 0.4) is 0 Å². The number of hydrogen-bond donors (Lipinski definition) is 1. The summed E-state index contributed by atoms with van der Waals surface area (Å²) in [6.07, 6.45) is -6.40. The number of anilines is 1. The quantitative estimate of drug-likeness (QED) is 0.419. The second kappa shape index (κ2) is 12.0. The van der Waals surface area contributed by atoms with Crippen molar-refractivity contribution in [2.24, 2.45) is 0 Å². The van der Waals surface area contributed by atoms with Gasteiger partial charge in [0.05, 0.1) is 0 Å². The van der Waals surface area contributed by atoms with Crippen LogP contribution in [0, 0.1) is 0 Å². The Bertz CT molecular complexity index is 914. The van der Waals surface area contributed by atoms with Gasteiger partial charge in [0.2, 0.25) is 18.3 Å². The van der Waals surface area contributed by atoms with Crippen molar-refractivity contribution in [3.63, 3.8) is 0 Å². The van der Waals surface area contributed by atoms with E-state index in [2.05, 4.69) is 5.32 Å². The summed E-state index contributed by atoms with van der Waals surface area (Å²) >= 11 is 0. The van der Waals surface area contributed by atoms with Crippen LogP contribution < -0.4 is 10.1 Å². The minimum absolute atomic E-state index is 0.256. The van der Waals surface area contributed by atoms with E-state index in [-0.39, 0.29) is 18.3 Å². The molecular formula is C22H27NO11. The van der Waals surface area contributed by atoms with E-state index in [9.17, 15) is 24.0 Å². The SMILES string of the molecule is CC(=O)Nc1ccc(O[C@H]2O[C@H](COC(C)=O)[C@@H](OC(C)=O)[C@H](OC(C)=O)[C@@H]2OC(C)=O)cc1. The molecule has 0 unspecified atom stereocenters. The lowest BCUT2D eigenvalue weighted by Crippen LogP contribution is -2.63. The van der Waals surface area contributed by atoms with Crippen LogP contribution >= 0.6 is 0 Å². The monoisotopic (exact) mass is 481 g/mol. The number of carbonyl (C=O) groups is 5. The summed E-state index contributed by atoms with van der Waals surface area (Å²) in [5.41, 5.74) is 0.515. The molecule has 1 aliphatic rings. The van der Waals surface area contributed by atoms with Crippen LogP contribution in [0.1, 0.15) is 34.6 Å². The van der Waals surface area contributed by atoms with Crippen molar-refractivity contribution in [1.29, 1.82) is 0 Å². The van der Waals surface area contributed by atoms with Crippen LogP contribution in [-0.2, 0) is 47.7 Å². The van der Waals surface area contributed by atoms with E-state index in [1.54, 1.807) is 12.1 Å². The third kappa shape index (κ3) is 8.03. The van der Waals surface area contributed by atoms with Crippen molar-refractivity contribution < 1.29 is 52.4 Å². The second-order valence-corrected chi connectivity index (χ2v) is 7.39. The van der Waals surface area contributed by atoms with Gasteiger partial charge in [0, 0.05) is 40.3 Å². The molecule has 1 aromatic rings. The molecule has 186 valence electrons. The van der Waals surface area contributed by atoms with E-state index in [1.807, 2.05) is 0 Å². The first-order chi connectivity index (χ1) is 16.0. The molecule has 5 atom stereocenters. The summed E-state index contributed by atoms with van der Waals surface area (Å²) in [5.74, 6) is -2.83. The van der Waals surface area contributed by atoms with Gasteiger partial charge in [0.15, 0.2) is 12.2 Å². The lowest BCUT2D eigenvalue weighted by atomic mass is 9.98. The highest BCUT2D eigenvalue weighted by atomic mass is 16.7. The molecule has 1 aliphatic heterocycles. The highest BCUT2D eigenvalue weighted by Crippen LogP contribution is 2.31. The van der Waals surface area contributed by atoms with Crippen LogP contribution in [0.5, 0.6) is 5.75 Å². The first-order valence-corrected chi connectivity index (χ1v) is 10.3. The maximum absolute atomic E-state index is 11.8. The molecule has 1 heterocycles. The number of carbonyl (C=O) groups excluding carboxylic acids is 5. The number of hydrogen-bond acceptors (Lipinski definition) is 11. The zero-order chi connectivity index (χ0) is 25.4. The maximum atomic E-state index is 11.8. The van der Waals surface area contributed by atoms with Gasteiger partial charge < -0.3 is 33.7 Å². The zero-order valence-corrected chi connectivity index (χ0v) is 19.4.